The number of hydrogen-bond donors (Lipinski definition) is 2. The number of amides is 1. The number of aliphatic carboxylic acids is 1. The number of hydrogen-bond acceptors (Lipinski definition) is 5. The van der Waals surface area contributed by atoms with Crippen LogP contribution >= 0.6 is 11.6 Å². The fourth-order valence-electron chi connectivity index (χ4n) is 5.14. The van der Waals surface area contributed by atoms with E-state index >= 15 is 0 Å². The zero-order valence-electron chi connectivity index (χ0n) is 20.6. The van der Waals surface area contributed by atoms with Crippen molar-refractivity contribution in [3.8, 4) is 22.5 Å². The summed E-state index contributed by atoms with van der Waals surface area (Å²) in [7, 11) is 0. The van der Waals surface area contributed by atoms with Crippen LogP contribution in [0.5, 0.6) is 0 Å². The van der Waals surface area contributed by atoms with Gasteiger partial charge >= 0.3 is 12.1 Å². The number of rotatable bonds is 7. The number of nitrogens with zero attached hydrogens (tertiary/aromatic N) is 1. The first-order valence-corrected chi connectivity index (χ1v) is 12.8. The number of carboxylic acids is 1. The minimum absolute atomic E-state index is 0.0563. The van der Waals surface area contributed by atoms with E-state index in [2.05, 4.69) is 22.6 Å². The SMILES string of the molecule is O=C(NC(Cc1ccc2noc(-c3ccc(Cl)cc3)c2c1)C(=O)O)OCC1c2ccccc2-c2ccccc21. The summed E-state index contributed by atoms with van der Waals surface area (Å²) in [6, 6.07) is 27.4. The molecule has 0 spiro atoms. The molecule has 6 rings (SSSR count). The molecule has 1 aliphatic rings. The Labute approximate surface area is 229 Å². The Balaban J connectivity index is 1.16. The zero-order valence-corrected chi connectivity index (χ0v) is 21.4. The molecule has 2 N–H and O–H groups in total. The van der Waals surface area contributed by atoms with E-state index < -0.39 is 18.1 Å². The normalized spacial score (nSPS) is 13.1. The minimum Gasteiger partial charge on any atom is -0.480 e. The molecule has 0 fully saturated rings. The second kappa shape index (κ2) is 10.3. The van der Waals surface area contributed by atoms with E-state index in [-0.39, 0.29) is 18.9 Å². The van der Waals surface area contributed by atoms with Crippen LogP contribution in [-0.4, -0.2) is 35.0 Å². The van der Waals surface area contributed by atoms with Gasteiger partial charge in [-0.3, -0.25) is 0 Å². The third kappa shape index (κ3) is 4.84. The van der Waals surface area contributed by atoms with Crippen LogP contribution in [0.2, 0.25) is 5.02 Å². The molecule has 0 aliphatic heterocycles. The second-order valence-electron chi connectivity index (χ2n) is 9.43. The maximum Gasteiger partial charge on any atom is 0.407 e. The van der Waals surface area contributed by atoms with E-state index in [1.807, 2.05) is 54.6 Å². The Morgan fingerprint density at radius 3 is 2.28 bits per heavy atom. The van der Waals surface area contributed by atoms with Gasteiger partial charge in [-0.1, -0.05) is 71.4 Å². The number of carboxylic acid groups (broad SMARTS) is 1. The first kappa shape index (κ1) is 24.7. The molecule has 0 saturated carbocycles. The van der Waals surface area contributed by atoms with Gasteiger partial charge in [-0.15, -0.1) is 0 Å². The Kier molecular flexibility index (Phi) is 6.50. The molecule has 0 radical (unpaired) electrons. The highest BCUT2D eigenvalue weighted by Crippen LogP contribution is 2.44. The van der Waals surface area contributed by atoms with Crippen LogP contribution in [0.15, 0.2) is 95.5 Å². The summed E-state index contributed by atoms with van der Waals surface area (Å²) in [6.45, 7) is 0.100. The summed E-state index contributed by atoms with van der Waals surface area (Å²) in [4.78, 5) is 24.8. The molecule has 7 nitrogen and oxygen atoms in total. The van der Waals surface area contributed by atoms with Crippen LogP contribution in [-0.2, 0) is 16.0 Å². The molecular formula is C31H23ClN2O5. The maximum absolute atomic E-state index is 12.7. The third-order valence-corrected chi connectivity index (χ3v) is 7.27. The van der Waals surface area contributed by atoms with Crippen molar-refractivity contribution in [2.45, 2.75) is 18.4 Å². The summed E-state index contributed by atoms with van der Waals surface area (Å²) >= 11 is 6.00. The molecule has 1 amide bonds. The predicted octanol–water partition coefficient (Wildman–Crippen LogP) is 6.68. The standard InChI is InChI=1S/C31H23ClN2O5/c32-20-12-10-19(11-13-20)29-25-15-18(9-14-27(25)34-39-29)16-28(30(35)36)33-31(37)38-17-26-23-7-3-1-5-21(23)22-6-2-4-8-24(22)26/h1-15,26,28H,16-17H2,(H,33,37)(H,35,36). The summed E-state index contributed by atoms with van der Waals surface area (Å²) in [5.74, 6) is -0.722. The van der Waals surface area contributed by atoms with Gasteiger partial charge in [0, 0.05) is 28.3 Å². The van der Waals surface area contributed by atoms with Crippen LogP contribution in [0, 0.1) is 0 Å². The zero-order chi connectivity index (χ0) is 26.9. The van der Waals surface area contributed by atoms with E-state index in [4.69, 9.17) is 20.9 Å². The van der Waals surface area contributed by atoms with Crippen LogP contribution < -0.4 is 5.32 Å². The van der Waals surface area contributed by atoms with Crippen molar-refractivity contribution in [1.82, 2.24) is 10.5 Å². The van der Waals surface area contributed by atoms with E-state index in [0.717, 1.165) is 33.2 Å². The number of halogens is 1. The highest BCUT2D eigenvalue weighted by atomic mass is 35.5. The largest absolute Gasteiger partial charge is 0.480 e. The van der Waals surface area contributed by atoms with E-state index in [0.29, 0.717) is 21.9 Å². The molecule has 0 bridgehead atoms. The van der Waals surface area contributed by atoms with Crippen molar-refractivity contribution < 1.29 is 24.0 Å². The Hall–Kier alpha value is -4.62. The number of ether oxygens (including phenoxy) is 1. The van der Waals surface area contributed by atoms with Crippen molar-refractivity contribution in [3.05, 3.63) is 113 Å². The van der Waals surface area contributed by atoms with Gasteiger partial charge in [0.1, 0.15) is 18.2 Å². The highest BCUT2D eigenvalue weighted by molar-refractivity contribution is 6.30. The van der Waals surface area contributed by atoms with E-state index in [9.17, 15) is 14.7 Å². The van der Waals surface area contributed by atoms with Gasteiger partial charge in [0.2, 0.25) is 0 Å². The van der Waals surface area contributed by atoms with Crippen LogP contribution in [0.4, 0.5) is 4.79 Å². The van der Waals surface area contributed by atoms with Crippen molar-refractivity contribution in [1.29, 1.82) is 0 Å². The summed E-state index contributed by atoms with van der Waals surface area (Å²) in [6.07, 6.45) is -0.724. The monoisotopic (exact) mass is 538 g/mol. The summed E-state index contributed by atoms with van der Waals surface area (Å²) in [5.41, 5.74) is 6.54. The van der Waals surface area contributed by atoms with Crippen LogP contribution in [0.25, 0.3) is 33.4 Å². The second-order valence-corrected chi connectivity index (χ2v) is 9.87. The molecule has 1 aliphatic carbocycles. The van der Waals surface area contributed by atoms with Gasteiger partial charge in [0.15, 0.2) is 5.76 Å². The number of carbonyl (C=O) groups excluding carboxylic acids is 1. The molecule has 1 aromatic heterocycles. The Morgan fingerprint density at radius 2 is 1.62 bits per heavy atom. The lowest BCUT2D eigenvalue weighted by Crippen LogP contribution is -2.42. The maximum atomic E-state index is 12.7. The molecule has 8 heteroatoms. The highest BCUT2D eigenvalue weighted by Gasteiger charge is 2.30. The van der Waals surface area contributed by atoms with E-state index in [1.165, 1.54) is 0 Å². The fourth-order valence-corrected chi connectivity index (χ4v) is 5.27. The Morgan fingerprint density at radius 1 is 0.949 bits per heavy atom. The molecular weight excluding hydrogens is 516 g/mol. The first-order valence-electron chi connectivity index (χ1n) is 12.5. The first-order chi connectivity index (χ1) is 19.0. The smallest absolute Gasteiger partial charge is 0.407 e. The number of nitrogens with one attached hydrogen (secondary N) is 1. The van der Waals surface area contributed by atoms with Crippen molar-refractivity contribution in [3.63, 3.8) is 0 Å². The number of carbonyl (C=O) groups is 2. The Bertz CT molecular complexity index is 1650. The molecule has 0 saturated heterocycles. The van der Waals surface area contributed by atoms with E-state index in [1.54, 1.807) is 24.3 Å². The average molecular weight is 539 g/mol. The van der Waals surface area contributed by atoms with Crippen LogP contribution in [0.1, 0.15) is 22.6 Å². The quantitative estimate of drug-likeness (QED) is 0.239. The van der Waals surface area contributed by atoms with Gasteiger partial charge in [0.25, 0.3) is 0 Å². The number of alkyl carbamates (subject to hydrolysis) is 1. The molecule has 4 aromatic carbocycles. The molecule has 1 unspecified atom stereocenters. The topological polar surface area (TPSA) is 102 Å². The van der Waals surface area contributed by atoms with Gasteiger partial charge in [-0.25, -0.2) is 9.59 Å². The fraction of sp³-hybridized carbons (Fsp3) is 0.129. The number of aromatic nitrogens is 1. The van der Waals surface area contributed by atoms with Crippen molar-refractivity contribution in [2.24, 2.45) is 0 Å². The van der Waals surface area contributed by atoms with Crippen LogP contribution in [0.3, 0.4) is 0 Å². The molecule has 5 aromatic rings. The van der Waals surface area contributed by atoms with Gasteiger partial charge < -0.3 is 19.7 Å². The predicted molar refractivity (Wildman–Crippen MR) is 148 cm³/mol. The average Bonchev–Trinajstić information content (AvgIpc) is 3.51. The minimum atomic E-state index is -1.18. The summed E-state index contributed by atoms with van der Waals surface area (Å²) < 4.78 is 11.1. The summed E-state index contributed by atoms with van der Waals surface area (Å²) in [5, 5.41) is 17.8. The molecule has 194 valence electrons. The lowest BCUT2D eigenvalue weighted by atomic mass is 9.98. The molecule has 1 atom stereocenters. The van der Waals surface area contributed by atoms with Crippen molar-refractivity contribution in [2.75, 3.05) is 6.61 Å². The third-order valence-electron chi connectivity index (χ3n) is 7.02. The lowest BCUT2D eigenvalue weighted by molar-refractivity contribution is -0.139. The van der Waals surface area contributed by atoms with Gasteiger partial charge in [-0.2, -0.15) is 0 Å². The molecule has 39 heavy (non-hydrogen) atoms. The molecule has 1 heterocycles. The number of fused-ring (bicyclic) bond motifs is 4. The van der Waals surface area contributed by atoms with Gasteiger partial charge in [-0.05, 0) is 64.2 Å². The number of benzene rings is 4. The lowest BCUT2D eigenvalue weighted by Gasteiger charge is -2.17. The van der Waals surface area contributed by atoms with Gasteiger partial charge in [0.05, 0.1) is 0 Å². The van der Waals surface area contributed by atoms with Crippen molar-refractivity contribution >= 4 is 34.6 Å².